The first kappa shape index (κ1) is 19.4. The molecule has 0 heterocycles. The highest BCUT2D eigenvalue weighted by molar-refractivity contribution is 5.36. The summed E-state index contributed by atoms with van der Waals surface area (Å²) in [7, 11) is 1.68. The highest BCUT2D eigenvalue weighted by atomic mass is 16.5. The van der Waals surface area contributed by atoms with Gasteiger partial charge in [-0.3, -0.25) is 0 Å². The minimum absolute atomic E-state index is 0.0386. The molecule has 0 aromatic heterocycles. The molecule has 0 aliphatic heterocycles. The van der Waals surface area contributed by atoms with E-state index in [-0.39, 0.29) is 18.4 Å². The van der Waals surface area contributed by atoms with Crippen LogP contribution < -0.4 is 5.32 Å². The van der Waals surface area contributed by atoms with Crippen LogP contribution in [-0.4, -0.2) is 35.0 Å². The third-order valence-electron chi connectivity index (χ3n) is 4.19. The minimum atomic E-state index is -0.697. The lowest BCUT2D eigenvalue weighted by Gasteiger charge is -2.18. The Labute approximate surface area is 148 Å². The molecule has 136 valence electrons. The average molecular weight is 345 g/mol. The second-order valence-electron chi connectivity index (χ2n) is 6.32. The standard InChI is InChI=1S/C20H27NO4/c1-14(9-15-3-5-16(6-4-15)13-25-2)21-11-20(24)17-7-8-19(23)18(10-17)12-22/h3-8,10,14,20-24H,9,11-13H2,1-2H3. The molecule has 2 aromatic carbocycles. The molecule has 2 atom stereocenters. The van der Waals surface area contributed by atoms with Gasteiger partial charge in [-0.1, -0.05) is 30.3 Å². The first-order valence-corrected chi connectivity index (χ1v) is 8.44. The quantitative estimate of drug-likeness (QED) is 0.561. The van der Waals surface area contributed by atoms with E-state index in [1.54, 1.807) is 19.2 Å². The van der Waals surface area contributed by atoms with E-state index in [1.807, 2.05) is 0 Å². The maximum absolute atomic E-state index is 10.3. The van der Waals surface area contributed by atoms with Gasteiger partial charge in [0.25, 0.3) is 0 Å². The third kappa shape index (κ3) is 5.83. The summed E-state index contributed by atoms with van der Waals surface area (Å²) >= 11 is 0. The summed E-state index contributed by atoms with van der Waals surface area (Å²) in [5.41, 5.74) is 3.46. The molecule has 0 bridgehead atoms. The summed E-state index contributed by atoms with van der Waals surface area (Å²) in [6.07, 6.45) is 0.162. The highest BCUT2D eigenvalue weighted by Crippen LogP contribution is 2.22. The number of benzene rings is 2. The van der Waals surface area contributed by atoms with Gasteiger partial charge in [-0.05, 0) is 42.2 Å². The molecule has 0 spiro atoms. The van der Waals surface area contributed by atoms with Gasteiger partial charge >= 0.3 is 0 Å². The first-order valence-electron chi connectivity index (χ1n) is 8.44. The molecule has 0 saturated carbocycles. The number of phenols is 1. The zero-order valence-corrected chi connectivity index (χ0v) is 14.8. The predicted molar refractivity (Wildman–Crippen MR) is 97.3 cm³/mol. The number of hydrogen-bond donors (Lipinski definition) is 4. The van der Waals surface area contributed by atoms with E-state index in [0.29, 0.717) is 24.3 Å². The SMILES string of the molecule is COCc1ccc(CC(C)NCC(O)c2ccc(O)c(CO)c2)cc1. The van der Waals surface area contributed by atoms with Crippen LogP contribution in [0.1, 0.15) is 35.3 Å². The monoisotopic (exact) mass is 345 g/mol. The minimum Gasteiger partial charge on any atom is -0.508 e. The molecule has 0 aliphatic rings. The molecule has 5 nitrogen and oxygen atoms in total. The third-order valence-corrected chi connectivity index (χ3v) is 4.19. The van der Waals surface area contributed by atoms with E-state index in [9.17, 15) is 15.3 Å². The van der Waals surface area contributed by atoms with Crippen LogP contribution in [0.5, 0.6) is 5.75 Å². The Morgan fingerprint density at radius 3 is 2.40 bits per heavy atom. The molecule has 0 fully saturated rings. The van der Waals surface area contributed by atoms with Crippen molar-refractivity contribution >= 4 is 0 Å². The maximum atomic E-state index is 10.3. The summed E-state index contributed by atoms with van der Waals surface area (Å²) in [5.74, 6) is 0.0386. The van der Waals surface area contributed by atoms with Crippen LogP contribution in [-0.2, 0) is 24.4 Å². The lowest BCUT2D eigenvalue weighted by atomic mass is 10.0. The van der Waals surface area contributed by atoms with Crippen LogP contribution in [0.25, 0.3) is 0 Å². The largest absolute Gasteiger partial charge is 0.508 e. The van der Waals surface area contributed by atoms with Crippen molar-refractivity contribution < 1.29 is 20.1 Å². The Bertz CT molecular complexity index is 657. The number of methoxy groups -OCH3 is 1. The van der Waals surface area contributed by atoms with Gasteiger partial charge in [0.15, 0.2) is 0 Å². The lowest BCUT2D eigenvalue weighted by molar-refractivity contribution is 0.170. The van der Waals surface area contributed by atoms with Crippen LogP contribution in [0.4, 0.5) is 0 Å². The molecular formula is C20H27NO4. The smallest absolute Gasteiger partial charge is 0.121 e. The number of aliphatic hydroxyl groups excluding tert-OH is 2. The zero-order chi connectivity index (χ0) is 18.2. The van der Waals surface area contributed by atoms with E-state index >= 15 is 0 Å². The van der Waals surface area contributed by atoms with Crippen molar-refractivity contribution in [3.8, 4) is 5.75 Å². The van der Waals surface area contributed by atoms with Gasteiger partial charge in [-0.15, -0.1) is 0 Å². The van der Waals surface area contributed by atoms with Gasteiger partial charge in [0.05, 0.1) is 19.3 Å². The molecule has 0 radical (unpaired) electrons. The van der Waals surface area contributed by atoms with Gasteiger partial charge in [-0.2, -0.15) is 0 Å². The number of aliphatic hydroxyl groups is 2. The Hall–Kier alpha value is -1.92. The summed E-state index contributed by atoms with van der Waals surface area (Å²) in [5, 5.41) is 32.4. The first-order chi connectivity index (χ1) is 12.0. The number of rotatable bonds is 9. The van der Waals surface area contributed by atoms with Crippen molar-refractivity contribution in [3.05, 3.63) is 64.7 Å². The van der Waals surface area contributed by atoms with Crippen LogP contribution in [0.15, 0.2) is 42.5 Å². The summed E-state index contributed by atoms with van der Waals surface area (Å²) in [6.45, 7) is 2.84. The predicted octanol–water partition coefficient (Wildman–Crippen LogP) is 2.29. The Morgan fingerprint density at radius 2 is 1.76 bits per heavy atom. The molecular weight excluding hydrogens is 318 g/mol. The molecule has 0 amide bonds. The summed E-state index contributed by atoms with van der Waals surface area (Å²) in [6, 6.07) is 13.3. The summed E-state index contributed by atoms with van der Waals surface area (Å²) in [4.78, 5) is 0. The van der Waals surface area contributed by atoms with E-state index in [2.05, 4.69) is 36.5 Å². The molecule has 25 heavy (non-hydrogen) atoms. The number of ether oxygens (including phenoxy) is 1. The van der Waals surface area contributed by atoms with Crippen molar-refractivity contribution in [3.63, 3.8) is 0 Å². The topological polar surface area (TPSA) is 82.0 Å². The van der Waals surface area contributed by atoms with E-state index in [4.69, 9.17) is 4.74 Å². The number of hydrogen-bond acceptors (Lipinski definition) is 5. The molecule has 0 aliphatic carbocycles. The van der Waals surface area contributed by atoms with Crippen molar-refractivity contribution in [2.24, 2.45) is 0 Å². The molecule has 2 aromatic rings. The summed E-state index contributed by atoms with van der Waals surface area (Å²) < 4.78 is 5.11. The fraction of sp³-hybridized carbons (Fsp3) is 0.400. The normalized spacial score (nSPS) is 13.6. The Balaban J connectivity index is 1.85. The van der Waals surface area contributed by atoms with Gasteiger partial charge < -0.3 is 25.4 Å². The molecule has 2 rings (SSSR count). The van der Waals surface area contributed by atoms with E-state index < -0.39 is 6.10 Å². The Kier molecular flexibility index (Phi) is 7.40. The van der Waals surface area contributed by atoms with Gasteiger partial charge in [0.1, 0.15) is 5.75 Å². The van der Waals surface area contributed by atoms with Crippen molar-refractivity contribution in [2.45, 2.75) is 38.7 Å². The fourth-order valence-corrected chi connectivity index (χ4v) is 2.73. The van der Waals surface area contributed by atoms with E-state index in [0.717, 1.165) is 12.0 Å². The van der Waals surface area contributed by atoms with Crippen LogP contribution in [0.2, 0.25) is 0 Å². The molecule has 4 N–H and O–H groups in total. The zero-order valence-electron chi connectivity index (χ0n) is 14.8. The van der Waals surface area contributed by atoms with E-state index in [1.165, 1.54) is 11.6 Å². The van der Waals surface area contributed by atoms with Gasteiger partial charge in [0.2, 0.25) is 0 Å². The van der Waals surface area contributed by atoms with Crippen LogP contribution in [0.3, 0.4) is 0 Å². The fourth-order valence-electron chi connectivity index (χ4n) is 2.73. The van der Waals surface area contributed by atoms with Gasteiger partial charge in [-0.25, -0.2) is 0 Å². The lowest BCUT2D eigenvalue weighted by Crippen LogP contribution is -2.32. The number of aromatic hydroxyl groups is 1. The van der Waals surface area contributed by atoms with Gasteiger partial charge in [0, 0.05) is 25.3 Å². The maximum Gasteiger partial charge on any atom is 0.121 e. The molecule has 5 heteroatoms. The molecule has 0 saturated heterocycles. The number of nitrogens with one attached hydrogen (secondary N) is 1. The molecule has 2 unspecified atom stereocenters. The van der Waals surface area contributed by atoms with Crippen LogP contribution >= 0.6 is 0 Å². The van der Waals surface area contributed by atoms with Crippen LogP contribution in [0, 0.1) is 0 Å². The van der Waals surface area contributed by atoms with Crippen molar-refractivity contribution in [1.29, 1.82) is 0 Å². The van der Waals surface area contributed by atoms with Crippen molar-refractivity contribution in [2.75, 3.05) is 13.7 Å². The van der Waals surface area contributed by atoms with Crippen molar-refractivity contribution in [1.82, 2.24) is 5.32 Å². The Morgan fingerprint density at radius 1 is 1.08 bits per heavy atom. The average Bonchev–Trinajstić information content (AvgIpc) is 2.62. The highest BCUT2D eigenvalue weighted by Gasteiger charge is 2.12. The second-order valence-corrected chi connectivity index (χ2v) is 6.32. The second kappa shape index (κ2) is 9.53.